The summed E-state index contributed by atoms with van der Waals surface area (Å²) in [6.07, 6.45) is 1.93. The highest BCUT2D eigenvalue weighted by Crippen LogP contribution is 2.26. The minimum atomic E-state index is -3.55. The van der Waals surface area contributed by atoms with Gasteiger partial charge in [0.2, 0.25) is 15.9 Å². The molecule has 1 amide bonds. The summed E-state index contributed by atoms with van der Waals surface area (Å²) in [5.74, 6) is -0.289. The monoisotopic (exact) mass is 312 g/mol. The zero-order valence-electron chi connectivity index (χ0n) is 13.3. The van der Waals surface area contributed by atoms with Crippen LogP contribution in [0.2, 0.25) is 0 Å². The lowest BCUT2D eigenvalue weighted by Crippen LogP contribution is -2.48. The van der Waals surface area contributed by atoms with Crippen LogP contribution in [-0.2, 0) is 14.8 Å². The number of hydrogen-bond donors (Lipinski definition) is 1. The normalized spacial score (nSPS) is 12.8. The van der Waals surface area contributed by atoms with Gasteiger partial charge in [0, 0.05) is 6.54 Å². The Labute approximate surface area is 127 Å². The molecule has 6 heteroatoms. The van der Waals surface area contributed by atoms with Crippen LogP contribution in [0.25, 0.3) is 0 Å². The average Bonchev–Trinajstić information content (AvgIpc) is 2.38. The van der Waals surface area contributed by atoms with Gasteiger partial charge in [0.25, 0.3) is 0 Å². The second-order valence-corrected chi connectivity index (χ2v) is 7.18. The minimum Gasteiger partial charge on any atom is -0.354 e. The zero-order valence-corrected chi connectivity index (χ0v) is 14.1. The standard InChI is InChI=1S/C15H24N2O3S/c1-6-9-16-15(18)13(4)17(21(5,19)20)14-10-11(2)7-8-12(14)3/h7-8,10,13H,6,9H2,1-5H3,(H,16,18)/t13-/m1/s1. The molecule has 0 aromatic heterocycles. The van der Waals surface area contributed by atoms with Crippen molar-refractivity contribution in [3.8, 4) is 0 Å². The number of nitrogens with zero attached hydrogens (tertiary/aromatic N) is 1. The van der Waals surface area contributed by atoms with Crippen molar-refractivity contribution in [2.75, 3.05) is 17.1 Å². The Balaban J connectivity index is 3.24. The van der Waals surface area contributed by atoms with Crippen LogP contribution < -0.4 is 9.62 Å². The number of carbonyl (C=O) groups is 1. The fraction of sp³-hybridized carbons (Fsp3) is 0.533. The number of sulfonamides is 1. The average molecular weight is 312 g/mol. The number of amides is 1. The Bertz CT molecular complexity index is 611. The summed E-state index contributed by atoms with van der Waals surface area (Å²) in [5.41, 5.74) is 2.32. The molecule has 1 atom stereocenters. The summed E-state index contributed by atoms with van der Waals surface area (Å²) in [4.78, 5) is 12.1. The van der Waals surface area contributed by atoms with E-state index in [1.165, 1.54) is 4.31 Å². The van der Waals surface area contributed by atoms with Crippen LogP contribution in [0.1, 0.15) is 31.4 Å². The van der Waals surface area contributed by atoms with Gasteiger partial charge < -0.3 is 5.32 Å². The summed E-state index contributed by atoms with van der Waals surface area (Å²) in [6, 6.07) is 4.78. The Morgan fingerprint density at radius 1 is 1.33 bits per heavy atom. The van der Waals surface area contributed by atoms with Gasteiger partial charge in [-0.25, -0.2) is 8.42 Å². The topological polar surface area (TPSA) is 66.5 Å². The number of rotatable bonds is 6. The maximum atomic E-state index is 12.2. The Hall–Kier alpha value is -1.56. The molecule has 0 spiro atoms. The molecular formula is C15H24N2O3S. The molecule has 0 saturated heterocycles. The summed E-state index contributed by atoms with van der Waals surface area (Å²) >= 11 is 0. The van der Waals surface area contributed by atoms with E-state index in [-0.39, 0.29) is 5.91 Å². The molecule has 0 aliphatic carbocycles. The number of carbonyl (C=O) groups excluding carboxylic acids is 1. The number of nitrogens with one attached hydrogen (secondary N) is 1. The summed E-state index contributed by atoms with van der Waals surface area (Å²) < 4.78 is 25.5. The third-order valence-electron chi connectivity index (χ3n) is 3.24. The first-order valence-electron chi connectivity index (χ1n) is 7.02. The van der Waals surface area contributed by atoms with Gasteiger partial charge >= 0.3 is 0 Å². The molecule has 5 nitrogen and oxygen atoms in total. The number of hydrogen-bond acceptors (Lipinski definition) is 3. The number of benzene rings is 1. The van der Waals surface area contributed by atoms with Gasteiger partial charge in [0.15, 0.2) is 0 Å². The lowest BCUT2D eigenvalue weighted by Gasteiger charge is -2.29. The smallest absolute Gasteiger partial charge is 0.243 e. The second-order valence-electron chi connectivity index (χ2n) is 5.32. The fourth-order valence-electron chi connectivity index (χ4n) is 2.13. The lowest BCUT2D eigenvalue weighted by atomic mass is 10.1. The number of aryl methyl sites for hydroxylation is 2. The fourth-order valence-corrected chi connectivity index (χ4v) is 3.36. The van der Waals surface area contributed by atoms with Crippen LogP contribution in [0.3, 0.4) is 0 Å². The van der Waals surface area contributed by atoms with Gasteiger partial charge in [-0.1, -0.05) is 19.1 Å². The van der Waals surface area contributed by atoms with E-state index in [1.807, 2.05) is 32.9 Å². The molecule has 0 aliphatic rings. The molecule has 0 unspecified atom stereocenters. The Morgan fingerprint density at radius 3 is 2.48 bits per heavy atom. The van der Waals surface area contributed by atoms with Crippen molar-refractivity contribution in [2.45, 2.75) is 40.2 Å². The van der Waals surface area contributed by atoms with Crippen LogP contribution in [0.4, 0.5) is 5.69 Å². The molecule has 1 N–H and O–H groups in total. The SMILES string of the molecule is CCCNC(=O)[C@@H](C)N(c1cc(C)ccc1C)S(C)(=O)=O. The number of anilines is 1. The van der Waals surface area contributed by atoms with Crippen molar-refractivity contribution in [1.82, 2.24) is 5.32 Å². The molecule has 0 fully saturated rings. The van der Waals surface area contributed by atoms with E-state index in [0.29, 0.717) is 12.2 Å². The van der Waals surface area contributed by atoms with Gasteiger partial charge in [-0.05, 0) is 44.4 Å². The summed E-state index contributed by atoms with van der Waals surface area (Å²) in [5, 5.41) is 2.74. The van der Waals surface area contributed by atoms with Crippen molar-refractivity contribution >= 4 is 21.6 Å². The van der Waals surface area contributed by atoms with Gasteiger partial charge in [-0.3, -0.25) is 9.10 Å². The van der Waals surface area contributed by atoms with Crippen LogP contribution in [0.5, 0.6) is 0 Å². The maximum absolute atomic E-state index is 12.2. The van der Waals surface area contributed by atoms with Gasteiger partial charge in [-0.15, -0.1) is 0 Å². The van der Waals surface area contributed by atoms with Crippen molar-refractivity contribution in [3.63, 3.8) is 0 Å². The highest BCUT2D eigenvalue weighted by Gasteiger charge is 2.29. The van der Waals surface area contributed by atoms with E-state index < -0.39 is 16.1 Å². The molecule has 0 heterocycles. The molecule has 1 rings (SSSR count). The van der Waals surface area contributed by atoms with Crippen LogP contribution >= 0.6 is 0 Å². The zero-order chi connectivity index (χ0) is 16.2. The molecule has 118 valence electrons. The third kappa shape index (κ3) is 4.46. The summed E-state index contributed by atoms with van der Waals surface area (Å²) in [7, 11) is -3.55. The van der Waals surface area contributed by atoms with Crippen molar-refractivity contribution < 1.29 is 13.2 Å². The molecule has 1 aromatic carbocycles. The van der Waals surface area contributed by atoms with Crippen LogP contribution in [-0.4, -0.2) is 33.2 Å². The van der Waals surface area contributed by atoms with Crippen molar-refractivity contribution in [2.24, 2.45) is 0 Å². The molecule has 21 heavy (non-hydrogen) atoms. The quantitative estimate of drug-likeness (QED) is 0.873. The maximum Gasteiger partial charge on any atom is 0.243 e. The van der Waals surface area contributed by atoms with E-state index in [0.717, 1.165) is 23.8 Å². The molecular weight excluding hydrogens is 288 g/mol. The van der Waals surface area contributed by atoms with Crippen molar-refractivity contribution in [1.29, 1.82) is 0 Å². The third-order valence-corrected chi connectivity index (χ3v) is 4.47. The molecule has 0 aliphatic heterocycles. The van der Waals surface area contributed by atoms with Gasteiger partial charge in [0.1, 0.15) is 6.04 Å². The van der Waals surface area contributed by atoms with E-state index in [4.69, 9.17) is 0 Å². The van der Waals surface area contributed by atoms with E-state index in [9.17, 15) is 13.2 Å². The van der Waals surface area contributed by atoms with E-state index in [1.54, 1.807) is 13.0 Å². The molecule has 0 saturated carbocycles. The Kier molecular flexibility index (Phi) is 5.78. The first-order valence-corrected chi connectivity index (χ1v) is 8.87. The van der Waals surface area contributed by atoms with Crippen LogP contribution in [0, 0.1) is 13.8 Å². The largest absolute Gasteiger partial charge is 0.354 e. The van der Waals surface area contributed by atoms with Gasteiger partial charge in [-0.2, -0.15) is 0 Å². The predicted molar refractivity (Wildman–Crippen MR) is 86.0 cm³/mol. The van der Waals surface area contributed by atoms with Crippen LogP contribution in [0.15, 0.2) is 18.2 Å². The first kappa shape index (κ1) is 17.5. The highest BCUT2D eigenvalue weighted by atomic mass is 32.2. The molecule has 1 aromatic rings. The van der Waals surface area contributed by atoms with Gasteiger partial charge in [0.05, 0.1) is 11.9 Å². The minimum absolute atomic E-state index is 0.289. The summed E-state index contributed by atoms with van der Waals surface area (Å²) in [6.45, 7) is 7.82. The predicted octanol–water partition coefficient (Wildman–Crippen LogP) is 1.98. The Morgan fingerprint density at radius 2 is 1.95 bits per heavy atom. The van der Waals surface area contributed by atoms with E-state index >= 15 is 0 Å². The highest BCUT2D eigenvalue weighted by molar-refractivity contribution is 7.92. The van der Waals surface area contributed by atoms with E-state index in [2.05, 4.69) is 5.32 Å². The van der Waals surface area contributed by atoms with Crippen molar-refractivity contribution in [3.05, 3.63) is 29.3 Å². The first-order chi connectivity index (χ1) is 9.68. The second kappa shape index (κ2) is 6.93. The molecule has 0 radical (unpaired) electrons. The molecule has 0 bridgehead atoms. The lowest BCUT2D eigenvalue weighted by molar-refractivity contribution is -0.121.